The van der Waals surface area contributed by atoms with E-state index in [0.29, 0.717) is 0 Å². The van der Waals surface area contributed by atoms with Crippen molar-refractivity contribution >= 4 is 35.3 Å². The molecule has 0 N–H and O–H groups in total. The summed E-state index contributed by atoms with van der Waals surface area (Å²) in [7, 11) is 0. The summed E-state index contributed by atoms with van der Waals surface area (Å²) in [6.45, 7) is 6.39. The summed E-state index contributed by atoms with van der Waals surface area (Å²) in [6, 6.07) is 0. The first kappa shape index (κ1) is 40.0. The molecule has 0 aromatic rings. The molecule has 0 fully saturated rings. The maximum absolute atomic E-state index is 10.3. The van der Waals surface area contributed by atoms with E-state index < -0.39 is 17.9 Å². The molecule has 0 amide bonds. The third-order valence-electron chi connectivity index (χ3n) is 4.73. The molecular formula is C24H45AlO9. The van der Waals surface area contributed by atoms with Gasteiger partial charge in [-0.3, -0.25) is 14.4 Å². The molecule has 0 heterocycles. The fraction of sp³-hybridized carbons (Fsp3) is 0.875. The zero-order valence-corrected chi connectivity index (χ0v) is 22.6. The largest absolute Gasteiger partial charge is 3.00 e. The van der Waals surface area contributed by atoms with Crippen molar-refractivity contribution in [2.24, 2.45) is 0 Å². The molecule has 0 atom stereocenters. The van der Waals surface area contributed by atoms with Gasteiger partial charge in [-0.05, 0) is 19.3 Å². The van der Waals surface area contributed by atoms with Gasteiger partial charge in [0, 0.05) is 19.3 Å². The van der Waals surface area contributed by atoms with Crippen LogP contribution >= 0.6 is 0 Å². The van der Waals surface area contributed by atoms with Crippen molar-refractivity contribution in [3.63, 3.8) is 0 Å². The monoisotopic (exact) mass is 504 g/mol. The van der Waals surface area contributed by atoms with E-state index in [9.17, 15) is 30.2 Å². The summed E-state index contributed by atoms with van der Waals surface area (Å²) in [5.41, 5.74) is 0. The number of carbonyl (C=O) groups excluding carboxylic acids is 3. The molecule has 0 saturated carbocycles. The molecule has 10 heteroatoms. The number of unbranched alkanes of at least 4 members (excludes halogenated alkanes) is 12. The van der Waals surface area contributed by atoms with Gasteiger partial charge in [0.05, 0.1) is 0 Å². The SMILES string of the molecule is CCCCCCCC(=O)O[O-].CCCCCCCC(=O)O[O-].CCCCCCCC(=O)O[O-].[Al+3]. The van der Waals surface area contributed by atoms with Crippen molar-refractivity contribution in [2.75, 3.05) is 0 Å². The quantitative estimate of drug-likeness (QED) is 0.119. The Balaban J connectivity index is -0.000000196. The first-order chi connectivity index (χ1) is 15.9. The van der Waals surface area contributed by atoms with Crippen LogP contribution in [0.1, 0.15) is 136 Å². The van der Waals surface area contributed by atoms with E-state index in [2.05, 4.69) is 35.4 Å². The molecule has 0 radical (unpaired) electrons. The minimum atomic E-state index is -0.638. The van der Waals surface area contributed by atoms with E-state index >= 15 is 0 Å². The maximum atomic E-state index is 10.3. The molecule has 198 valence electrons. The molecule has 0 unspecified atom stereocenters. The summed E-state index contributed by atoms with van der Waals surface area (Å²) >= 11 is 0. The third kappa shape index (κ3) is 41.1. The minimum absolute atomic E-state index is 0. The van der Waals surface area contributed by atoms with Crippen LogP contribution in [0, 0.1) is 0 Å². The van der Waals surface area contributed by atoms with Gasteiger partial charge in [0.2, 0.25) is 0 Å². The Kier molecular flexibility index (Phi) is 42.8. The molecule has 0 aromatic heterocycles. The molecule has 0 aliphatic rings. The molecule has 0 bridgehead atoms. The molecule has 0 spiro atoms. The summed E-state index contributed by atoms with van der Waals surface area (Å²) < 4.78 is 0. The Morgan fingerprint density at radius 3 is 0.824 bits per heavy atom. The van der Waals surface area contributed by atoms with E-state index in [-0.39, 0.29) is 36.6 Å². The fourth-order valence-electron chi connectivity index (χ4n) is 2.74. The van der Waals surface area contributed by atoms with Gasteiger partial charge in [-0.2, -0.15) is 0 Å². The van der Waals surface area contributed by atoms with E-state index in [1.807, 2.05) is 0 Å². The van der Waals surface area contributed by atoms with Crippen LogP contribution in [-0.4, -0.2) is 35.3 Å². The molecule has 34 heavy (non-hydrogen) atoms. The van der Waals surface area contributed by atoms with Crippen LogP contribution in [0.25, 0.3) is 0 Å². The Morgan fingerprint density at radius 1 is 0.441 bits per heavy atom. The molecular weight excluding hydrogens is 459 g/mol. The number of carbonyl (C=O) groups is 3. The van der Waals surface area contributed by atoms with Crippen molar-refractivity contribution in [3.8, 4) is 0 Å². The third-order valence-corrected chi connectivity index (χ3v) is 4.73. The normalized spacial score (nSPS) is 9.35. The van der Waals surface area contributed by atoms with Gasteiger partial charge in [0.25, 0.3) is 17.9 Å². The summed E-state index contributed by atoms with van der Waals surface area (Å²) in [4.78, 5) is 40.7. The predicted molar refractivity (Wildman–Crippen MR) is 124 cm³/mol. The average Bonchev–Trinajstić information content (AvgIpc) is 2.83. The van der Waals surface area contributed by atoms with Crippen molar-refractivity contribution in [3.05, 3.63) is 0 Å². The van der Waals surface area contributed by atoms with Gasteiger partial charge in [-0.25, -0.2) is 0 Å². The molecule has 0 aromatic carbocycles. The molecule has 0 aliphatic heterocycles. The standard InChI is InChI=1S/3C8H16O3.Al/c3*1-2-3-4-5-6-7-8(9)11-10;/h3*10H,2-7H2,1H3;/q;;;+3/p-3. The fourth-order valence-corrected chi connectivity index (χ4v) is 2.74. The van der Waals surface area contributed by atoms with E-state index in [1.54, 1.807) is 0 Å². The average molecular weight is 505 g/mol. The van der Waals surface area contributed by atoms with E-state index in [1.165, 1.54) is 38.5 Å². The molecule has 0 rings (SSSR count). The zero-order valence-electron chi connectivity index (χ0n) is 21.5. The van der Waals surface area contributed by atoms with E-state index in [0.717, 1.165) is 57.8 Å². The van der Waals surface area contributed by atoms with Gasteiger partial charge >= 0.3 is 17.4 Å². The Hall–Kier alpha value is -1.18. The van der Waals surface area contributed by atoms with Crippen LogP contribution in [0.3, 0.4) is 0 Å². The van der Waals surface area contributed by atoms with Crippen LogP contribution in [0.4, 0.5) is 0 Å². The number of hydrogen-bond donors (Lipinski definition) is 0. The van der Waals surface area contributed by atoms with Gasteiger partial charge in [-0.15, -0.1) is 0 Å². The molecule has 9 nitrogen and oxygen atoms in total. The first-order valence-electron chi connectivity index (χ1n) is 12.4. The van der Waals surface area contributed by atoms with Crippen molar-refractivity contribution in [2.45, 2.75) is 136 Å². The topological polar surface area (TPSA) is 148 Å². The van der Waals surface area contributed by atoms with Gasteiger partial charge < -0.3 is 30.4 Å². The summed E-state index contributed by atoms with van der Waals surface area (Å²) in [5.74, 6) is -1.91. The van der Waals surface area contributed by atoms with Crippen LogP contribution in [0.2, 0.25) is 0 Å². The predicted octanol–water partition coefficient (Wildman–Crippen LogP) is 3.12. The second-order valence-corrected chi connectivity index (χ2v) is 7.86. The molecule has 0 saturated heterocycles. The Labute approximate surface area is 216 Å². The van der Waals surface area contributed by atoms with Gasteiger partial charge in [-0.1, -0.05) is 97.8 Å². The van der Waals surface area contributed by atoms with Gasteiger partial charge in [0.1, 0.15) is 0 Å². The summed E-state index contributed by atoms with van der Waals surface area (Å²) in [5, 5.41) is 28.5. The van der Waals surface area contributed by atoms with Crippen LogP contribution in [0.15, 0.2) is 0 Å². The maximum Gasteiger partial charge on any atom is 3.00 e. The second-order valence-electron chi connectivity index (χ2n) is 7.86. The Morgan fingerprint density at radius 2 is 0.647 bits per heavy atom. The van der Waals surface area contributed by atoms with Crippen LogP contribution < -0.4 is 15.8 Å². The smallest absolute Gasteiger partial charge is 0.662 e. The van der Waals surface area contributed by atoms with E-state index in [4.69, 9.17) is 0 Å². The summed E-state index contributed by atoms with van der Waals surface area (Å²) in [6.07, 6.45) is 16.8. The van der Waals surface area contributed by atoms with Crippen LogP contribution in [-0.2, 0) is 29.0 Å². The van der Waals surface area contributed by atoms with Crippen LogP contribution in [0.5, 0.6) is 0 Å². The van der Waals surface area contributed by atoms with Crippen molar-refractivity contribution in [1.82, 2.24) is 0 Å². The van der Waals surface area contributed by atoms with Crippen molar-refractivity contribution < 1.29 is 44.8 Å². The first-order valence-corrected chi connectivity index (χ1v) is 12.4. The number of rotatable bonds is 18. The van der Waals surface area contributed by atoms with Gasteiger partial charge in [0.15, 0.2) is 0 Å². The minimum Gasteiger partial charge on any atom is -0.662 e. The molecule has 0 aliphatic carbocycles. The second kappa shape index (κ2) is 36.4. The zero-order chi connectivity index (χ0) is 25.6. The Bertz CT molecular complexity index is 373. The number of hydrogen-bond acceptors (Lipinski definition) is 9. The van der Waals surface area contributed by atoms with Crippen molar-refractivity contribution in [1.29, 1.82) is 0 Å².